The highest BCUT2D eigenvalue weighted by Crippen LogP contribution is 2.28. The van der Waals surface area contributed by atoms with Crippen LogP contribution in [-0.4, -0.2) is 31.0 Å². The summed E-state index contributed by atoms with van der Waals surface area (Å²) in [4.78, 5) is 22.2. The predicted octanol–water partition coefficient (Wildman–Crippen LogP) is 4.21. The molecule has 1 rings (SSSR count). The number of ether oxygens (including phenoxy) is 1. The molecule has 0 atom stereocenters. The topological polar surface area (TPSA) is 43.4 Å². The number of Topliss-reactive ketones (excluding diaryl/α,β-unsaturated/α-hetero) is 2. The summed E-state index contributed by atoms with van der Waals surface area (Å²) in [5, 5.41) is 0. The predicted molar refractivity (Wildman–Crippen MR) is 77.0 cm³/mol. The number of halogens is 6. The van der Waals surface area contributed by atoms with Gasteiger partial charge in [-0.05, 0) is 24.6 Å². The highest BCUT2D eigenvalue weighted by atomic mass is 19.4. The van der Waals surface area contributed by atoms with Gasteiger partial charge in [-0.3, -0.25) is 9.59 Å². The number of hydrogen-bond donors (Lipinski definition) is 0. The van der Waals surface area contributed by atoms with Crippen LogP contribution >= 0.6 is 0 Å². The molecule has 0 unspecified atom stereocenters. The van der Waals surface area contributed by atoms with Crippen LogP contribution in [0.2, 0.25) is 0 Å². The van der Waals surface area contributed by atoms with E-state index in [1.165, 1.54) is 13.2 Å². The molecule has 0 amide bonds. The van der Waals surface area contributed by atoms with Gasteiger partial charge in [0.25, 0.3) is 11.6 Å². The lowest BCUT2D eigenvalue weighted by atomic mass is 10.0. The molecule has 0 aromatic heterocycles. The first-order valence-corrected chi connectivity index (χ1v) is 6.64. The zero-order valence-electron chi connectivity index (χ0n) is 13.0. The van der Waals surface area contributed by atoms with Crippen molar-refractivity contribution in [1.82, 2.24) is 0 Å². The summed E-state index contributed by atoms with van der Waals surface area (Å²) in [6, 6.07) is 4.73. The molecular formula is C16H12F6O3. The second-order valence-electron chi connectivity index (χ2n) is 4.84. The standard InChI is InChI=1S/C16H12F6O3/c1-9-6-7-10(12(8-9)25-2)4-3-5-11(13(23)15(17,18)19)14(24)16(20,21)22/h3-8H,1-2H3/b4-3+. The van der Waals surface area contributed by atoms with Crippen LogP contribution in [0.4, 0.5) is 26.3 Å². The normalized spacial score (nSPS) is 12.2. The maximum Gasteiger partial charge on any atom is 0.455 e. The van der Waals surface area contributed by atoms with Gasteiger partial charge in [0.1, 0.15) is 5.75 Å². The fourth-order valence-corrected chi connectivity index (χ4v) is 1.76. The second-order valence-corrected chi connectivity index (χ2v) is 4.84. The van der Waals surface area contributed by atoms with E-state index in [1.807, 2.05) is 0 Å². The number of alkyl halides is 6. The van der Waals surface area contributed by atoms with Crippen molar-refractivity contribution in [1.29, 1.82) is 0 Å². The molecule has 0 aliphatic heterocycles. The molecule has 0 radical (unpaired) electrons. The number of carbonyl (C=O) groups is 2. The maximum absolute atomic E-state index is 12.4. The van der Waals surface area contributed by atoms with E-state index in [-0.39, 0.29) is 6.08 Å². The molecule has 0 heterocycles. The molecule has 0 spiro atoms. The summed E-state index contributed by atoms with van der Waals surface area (Å²) in [7, 11) is 1.33. The van der Waals surface area contributed by atoms with E-state index in [4.69, 9.17) is 4.74 Å². The van der Waals surface area contributed by atoms with Crippen LogP contribution in [-0.2, 0) is 9.59 Å². The quantitative estimate of drug-likeness (QED) is 0.258. The molecule has 3 nitrogen and oxygen atoms in total. The van der Waals surface area contributed by atoms with Crippen LogP contribution in [0.3, 0.4) is 0 Å². The fraction of sp³-hybridized carbons (Fsp3) is 0.250. The highest BCUT2D eigenvalue weighted by molar-refractivity contribution is 6.23. The van der Waals surface area contributed by atoms with E-state index >= 15 is 0 Å². The van der Waals surface area contributed by atoms with Crippen LogP contribution in [0.25, 0.3) is 6.08 Å². The lowest BCUT2D eigenvalue weighted by Crippen LogP contribution is -2.34. The van der Waals surface area contributed by atoms with Crippen molar-refractivity contribution >= 4 is 17.6 Å². The van der Waals surface area contributed by atoms with E-state index < -0.39 is 29.5 Å². The molecule has 0 saturated carbocycles. The molecule has 1 aromatic rings. The smallest absolute Gasteiger partial charge is 0.455 e. The number of hydrogen-bond acceptors (Lipinski definition) is 3. The summed E-state index contributed by atoms with van der Waals surface area (Å²) in [5.74, 6) is -5.42. The van der Waals surface area contributed by atoms with Gasteiger partial charge in [-0.2, -0.15) is 26.3 Å². The average molecular weight is 366 g/mol. The Balaban J connectivity index is 3.28. The molecule has 136 valence electrons. The van der Waals surface area contributed by atoms with Crippen molar-refractivity contribution in [3.63, 3.8) is 0 Å². The molecule has 0 N–H and O–H groups in total. The summed E-state index contributed by atoms with van der Waals surface area (Å²) in [6.07, 6.45) is -9.17. The summed E-state index contributed by atoms with van der Waals surface area (Å²) in [6.45, 7) is 1.75. The van der Waals surface area contributed by atoms with E-state index in [1.54, 1.807) is 19.1 Å². The summed E-state index contributed by atoms with van der Waals surface area (Å²) in [5.41, 5.74) is -0.866. The van der Waals surface area contributed by atoms with Crippen molar-refractivity contribution in [2.24, 2.45) is 0 Å². The Morgan fingerprint density at radius 2 is 1.52 bits per heavy atom. The number of carbonyl (C=O) groups excluding carboxylic acids is 2. The number of aryl methyl sites for hydroxylation is 1. The van der Waals surface area contributed by atoms with Gasteiger partial charge in [0.05, 0.1) is 12.7 Å². The van der Waals surface area contributed by atoms with Crippen LogP contribution in [0.1, 0.15) is 11.1 Å². The molecule has 0 aliphatic carbocycles. The minimum Gasteiger partial charge on any atom is -0.496 e. The Morgan fingerprint density at radius 1 is 1.00 bits per heavy atom. The molecule has 0 fully saturated rings. The lowest BCUT2D eigenvalue weighted by Gasteiger charge is -2.10. The van der Waals surface area contributed by atoms with E-state index in [2.05, 4.69) is 0 Å². The third kappa shape index (κ3) is 5.47. The Labute approximate surface area is 138 Å². The van der Waals surface area contributed by atoms with Crippen molar-refractivity contribution in [2.45, 2.75) is 19.3 Å². The lowest BCUT2D eigenvalue weighted by molar-refractivity contribution is -0.175. The third-order valence-corrected chi connectivity index (χ3v) is 2.93. The second kappa shape index (κ2) is 7.54. The van der Waals surface area contributed by atoms with Crippen LogP contribution in [0.15, 0.2) is 35.9 Å². The third-order valence-electron chi connectivity index (χ3n) is 2.93. The number of benzene rings is 1. The number of allylic oxidation sites excluding steroid dienone is 3. The first kappa shape index (κ1) is 20.5. The van der Waals surface area contributed by atoms with Crippen molar-refractivity contribution in [3.05, 3.63) is 47.1 Å². The summed E-state index contributed by atoms with van der Waals surface area (Å²) >= 11 is 0. The zero-order chi connectivity index (χ0) is 19.4. The minimum absolute atomic E-state index is 0.185. The van der Waals surface area contributed by atoms with Gasteiger partial charge in [0.15, 0.2) is 0 Å². The van der Waals surface area contributed by atoms with Crippen LogP contribution < -0.4 is 4.74 Å². The van der Waals surface area contributed by atoms with E-state index in [0.717, 1.165) is 17.7 Å². The van der Waals surface area contributed by atoms with Gasteiger partial charge < -0.3 is 4.74 Å². The molecule has 0 bridgehead atoms. The molecule has 1 aromatic carbocycles. The molecular weight excluding hydrogens is 354 g/mol. The van der Waals surface area contributed by atoms with Gasteiger partial charge in [0, 0.05) is 5.56 Å². The molecule has 25 heavy (non-hydrogen) atoms. The Bertz CT molecular complexity index is 698. The monoisotopic (exact) mass is 366 g/mol. The molecule has 0 aliphatic rings. The minimum atomic E-state index is -5.61. The maximum atomic E-state index is 12.4. The van der Waals surface area contributed by atoms with Gasteiger partial charge in [-0.1, -0.05) is 24.3 Å². The van der Waals surface area contributed by atoms with E-state index in [9.17, 15) is 35.9 Å². The average Bonchev–Trinajstić information content (AvgIpc) is 2.49. The molecule has 0 saturated heterocycles. The SMILES string of the molecule is COc1cc(C)ccc1/C=C/C=C(C(=O)C(F)(F)F)C(=O)C(F)(F)F. The van der Waals surface area contributed by atoms with Gasteiger partial charge in [-0.15, -0.1) is 0 Å². The number of ketones is 2. The van der Waals surface area contributed by atoms with E-state index in [0.29, 0.717) is 11.3 Å². The Hall–Kier alpha value is -2.58. The largest absolute Gasteiger partial charge is 0.496 e. The number of methoxy groups -OCH3 is 1. The first-order chi connectivity index (χ1) is 11.4. The van der Waals surface area contributed by atoms with Crippen molar-refractivity contribution in [3.8, 4) is 5.75 Å². The highest BCUT2D eigenvalue weighted by Gasteiger charge is 2.49. The molecule has 9 heteroatoms. The first-order valence-electron chi connectivity index (χ1n) is 6.64. The van der Waals surface area contributed by atoms with Crippen molar-refractivity contribution < 1.29 is 40.7 Å². The van der Waals surface area contributed by atoms with Crippen LogP contribution in [0, 0.1) is 6.92 Å². The summed E-state index contributed by atoms with van der Waals surface area (Å²) < 4.78 is 79.5. The van der Waals surface area contributed by atoms with Crippen LogP contribution in [0.5, 0.6) is 5.75 Å². The Kier molecular flexibility index (Phi) is 6.17. The number of rotatable bonds is 5. The Morgan fingerprint density at radius 3 is 1.96 bits per heavy atom. The van der Waals surface area contributed by atoms with Gasteiger partial charge in [-0.25, -0.2) is 0 Å². The van der Waals surface area contributed by atoms with Gasteiger partial charge >= 0.3 is 12.4 Å². The van der Waals surface area contributed by atoms with Crippen molar-refractivity contribution in [2.75, 3.05) is 7.11 Å². The zero-order valence-corrected chi connectivity index (χ0v) is 13.0. The fourth-order valence-electron chi connectivity index (χ4n) is 1.76. The van der Waals surface area contributed by atoms with Gasteiger partial charge in [0.2, 0.25) is 0 Å².